The number of amides is 2. The number of nitrogens with one attached hydrogen (secondary N) is 1. The lowest BCUT2D eigenvalue weighted by atomic mass is 9.81. The summed E-state index contributed by atoms with van der Waals surface area (Å²) in [5.74, 6) is -0.0408. The van der Waals surface area contributed by atoms with E-state index in [9.17, 15) is 9.59 Å². The van der Waals surface area contributed by atoms with Crippen molar-refractivity contribution in [3.8, 4) is 0 Å². The summed E-state index contributed by atoms with van der Waals surface area (Å²) in [6.45, 7) is 5.08. The molecular weight excluding hydrogens is 454 g/mol. The summed E-state index contributed by atoms with van der Waals surface area (Å²) in [6, 6.07) is 9.24. The molecule has 2 amide bonds. The molecule has 5 atom stereocenters. The second kappa shape index (κ2) is 10.8. The molecule has 3 saturated heterocycles. The molecule has 1 saturated carbocycles. The molecule has 7 nitrogen and oxygen atoms in total. The Labute approximate surface area is 215 Å². The maximum atomic E-state index is 13.1. The minimum Gasteiger partial charge on any atom is -0.366 e. The molecule has 2 bridgehead atoms. The van der Waals surface area contributed by atoms with E-state index in [1.54, 1.807) is 6.07 Å². The highest BCUT2D eigenvalue weighted by Crippen LogP contribution is 2.43. The van der Waals surface area contributed by atoms with E-state index in [-0.39, 0.29) is 17.9 Å². The Morgan fingerprint density at radius 3 is 2.47 bits per heavy atom. The minimum atomic E-state index is -0.692. The summed E-state index contributed by atoms with van der Waals surface area (Å²) in [5.41, 5.74) is 7.38. The van der Waals surface area contributed by atoms with Crippen molar-refractivity contribution in [1.29, 1.82) is 0 Å². The largest absolute Gasteiger partial charge is 0.366 e. The van der Waals surface area contributed by atoms with Crippen LogP contribution in [0.25, 0.3) is 0 Å². The van der Waals surface area contributed by atoms with E-state index in [1.165, 1.54) is 50.5 Å². The van der Waals surface area contributed by atoms with Gasteiger partial charge in [0.05, 0.1) is 6.61 Å². The van der Waals surface area contributed by atoms with E-state index in [2.05, 4.69) is 16.3 Å². The summed E-state index contributed by atoms with van der Waals surface area (Å²) >= 11 is 0. The molecule has 1 aromatic rings. The molecule has 5 rings (SSSR count). The number of benzene rings is 1. The standard InChI is InChI=1S/C29H43N3O4/c1-29(2)35-18-26(36-29)28(34)31-25(19-7-4-3-5-8-19)13-14-32-23-11-12-24(32)17-22(16-23)20-9-6-10-21(15-20)27(30)33/h6,9-10,15,19,22-26H,3-5,7-8,11-14,16-18H2,1-2H3,(H2,30,33)(H,31,34)/t22?,23-,24+,25?,26-/m0/s1. The molecule has 7 heteroatoms. The molecule has 0 radical (unpaired) electrons. The maximum Gasteiger partial charge on any atom is 0.251 e. The minimum absolute atomic E-state index is 0.0211. The summed E-state index contributed by atoms with van der Waals surface area (Å²) in [7, 11) is 0. The normalized spacial score (nSPS) is 31.3. The number of fused-ring (bicyclic) bond motifs is 2. The summed E-state index contributed by atoms with van der Waals surface area (Å²) < 4.78 is 11.5. The molecule has 3 aliphatic heterocycles. The predicted molar refractivity (Wildman–Crippen MR) is 138 cm³/mol. The first-order valence-electron chi connectivity index (χ1n) is 14.1. The third-order valence-electron chi connectivity index (χ3n) is 9.07. The van der Waals surface area contributed by atoms with Crippen molar-refractivity contribution in [3.63, 3.8) is 0 Å². The molecule has 0 aromatic heterocycles. The van der Waals surface area contributed by atoms with Crippen LogP contribution in [0.5, 0.6) is 0 Å². The Morgan fingerprint density at radius 2 is 1.83 bits per heavy atom. The van der Waals surface area contributed by atoms with Crippen molar-refractivity contribution in [2.75, 3.05) is 13.2 Å². The van der Waals surface area contributed by atoms with E-state index in [0.29, 0.717) is 36.1 Å². The fraction of sp³-hybridized carbons (Fsp3) is 0.724. The third-order valence-corrected chi connectivity index (χ3v) is 9.07. The second-order valence-electron chi connectivity index (χ2n) is 11.9. The number of carbonyl (C=O) groups excluding carboxylic acids is 2. The topological polar surface area (TPSA) is 93.9 Å². The third kappa shape index (κ3) is 5.79. The highest BCUT2D eigenvalue weighted by atomic mass is 16.7. The van der Waals surface area contributed by atoms with E-state index < -0.39 is 11.9 Å². The molecular formula is C29H43N3O4. The van der Waals surface area contributed by atoms with Crippen LogP contribution in [0.15, 0.2) is 24.3 Å². The molecule has 198 valence electrons. The van der Waals surface area contributed by atoms with Gasteiger partial charge in [0.1, 0.15) is 0 Å². The number of carbonyl (C=O) groups is 2. The van der Waals surface area contributed by atoms with Crippen molar-refractivity contribution in [1.82, 2.24) is 10.2 Å². The maximum absolute atomic E-state index is 13.1. The van der Waals surface area contributed by atoms with Gasteiger partial charge in [-0.15, -0.1) is 0 Å². The average Bonchev–Trinajstić information content (AvgIpc) is 3.35. The lowest BCUT2D eigenvalue weighted by molar-refractivity contribution is -0.154. The van der Waals surface area contributed by atoms with Gasteiger partial charge in [0.2, 0.25) is 5.91 Å². The number of hydrogen-bond donors (Lipinski definition) is 2. The Morgan fingerprint density at radius 1 is 1.11 bits per heavy atom. The summed E-state index contributed by atoms with van der Waals surface area (Å²) in [6.07, 6.45) is 11.4. The smallest absolute Gasteiger partial charge is 0.251 e. The van der Waals surface area contributed by atoms with Crippen LogP contribution in [0, 0.1) is 5.92 Å². The van der Waals surface area contributed by atoms with Crippen LogP contribution in [-0.2, 0) is 14.3 Å². The van der Waals surface area contributed by atoms with Gasteiger partial charge >= 0.3 is 0 Å². The number of primary amides is 1. The summed E-state index contributed by atoms with van der Waals surface area (Å²) in [4.78, 5) is 27.5. The van der Waals surface area contributed by atoms with Gasteiger partial charge in [-0.1, -0.05) is 31.4 Å². The zero-order chi connectivity index (χ0) is 25.3. The highest BCUT2D eigenvalue weighted by Gasteiger charge is 2.42. The lowest BCUT2D eigenvalue weighted by Gasteiger charge is -2.41. The molecule has 2 unspecified atom stereocenters. The SMILES string of the molecule is CC1(C)OC[C@@H](C(=O)NC(CCN2[C@@H]3CC[C@H]2CC(c2cccc(C(N)=O)c2)C3)C2CCCCC2)O1. The van der Waals surface area contributed by atoms with Crippen molar-refractivity contribution in [2.45, 2.75) is 114 Å². The number of nitrogens with zero attached hydrogens (tertiary/aromatic N) is 1. The average molecular weight is 498 g/mol. The molecule has 1 aromatic carbocycles. The molecule has 36 heavy (non-hydrogen) atoms. The van der Waals surface area contributed by atoms with E-state index in [4.69, 9.17) is 15.2 Å². The van der Waals surface area contributed by atoms with Crippen molar-refractivity contribution in [3.05, 3.63) is 35.4 Å². The van der Waals surface area contributed by atoms with Crippen molar-refractivity contribution >= 4 is 11.8 Å². The van der Waals surface area contributed by atoms with Gasteiger partial charge in [-0.2, -0.15) is 0 Å². The summed E-state index contributed by atoms with van der Waals surface area (Å²) in [5, 5.41) is 3.39. The highest BCUT2D eigenvalue weighted by molar-refractivity contribution is 5.92. The van der Waals surface area contributed by atoms with E-state index >= 15 is 0 Å². The van der Waals surface area contributed by atoms with Crippen molar-refractivity contribution < 1.29 is 19.1 Å². The van der Waals surface area contributed by atoms with E-state index in [0.717, 1.165) is 25.8 Å². The van der Waals surface area contributed by atoms with Gasteiger partial charge in [-0.25, -0.2) is 0 Å². The van der Waals surface area contributed by atoms with Crippen molar-refractivity contribution in [2.24, 2.45) is 11.7 Å². The number of hydrogen-bond acceptors (Lipinski definition) is 5. The van der Waals surface area contributed by atoms with Gasteiger partial charge in [-0.05, 0) is 88.3 Å². The quantitative estimate of drug-likeness (QED) is 0.564. The van der Waals surface area contributed by atoms with Crippen LogP contribution in [0.4, 0.5) is 0 Å². The molecule has 3 N–H and O–H groups in total. The zero-order valence-corrected chi connectivity index (χ0v) is 21.9. The van der Waals surface area contributed by atoms with Gasteiger partial charge in [0, 0.05) is 30.2 Å². The van der Waals surface area contributed by atoms with Crippen LogP contribution in [0.3, 0.4) is 0 Å². The van der Waals surface area contributed by atoms with Crippen LogP contribution in [0.2, 0.25) is 0 Å². The van der Waals surface area contributed by atoms with Crippen LogP contribution < -0.4 is 11.1 Å². The van der Waals surface area contributed by atoms with Gasteiger partial charge in [0.15, 0.2) is 11.9 Å². The molecule has 4 aliphatic rings. The fourth-order valence-corrected chi connectivity index (χ4v) is 7.20. The Balaban J connectivity index is 1.21. The number of rotatable bonds is 8. The lowest BCUT2D eigenvalue weighted by Crippen LogP contribution is -2.49. The van der Waals surface area contributed by atoms with E-state index in [1.807, 2.05) is 26.0 Å². The van der Waals surface area contributed by atoms with Crippen LogP contribution in [-0.4, -0.2) is 59.9 Å². The molecule has 0 spiro atoms. The van der Waals surface area contributed by atoms with Gasteiger partial charge < -0.3 is 20.5 Å². The zero-order valence-electron chi connectivity index (χ0n) is 21.9. The molecule has 1 aliphatic carbocycles. The first-order chi connectivity index (χ1) is 17.3. The van der Waals surface area contributed by atoms with Gasteiger partial charge in [0.25, 0.3) is 5.91 Å². The first-order valence-corrected chi connectivity index (χ1v) is 14.1. The Kier molecular flexibility index (Phi) is 7.70. The Hall–Kier alpha value is -1.96. The van der Waals surface area contributed by atoms with Crippen LogP contribution >= 0.6 is 0 Å². The number of piperidine rings is 1. The monoisotopic (exact) mass is 497 g/mol. The Bertz CT molecular complexity index is 930. The molecule has 4 fully saturated rings. The predicted octanol–water partition coefficient (Wildman–Crippen LogP) is 4.10. The van der Waals surface area contributed by atoms with Gasteiger partial charge in [-0.3, -0.25) is 14.5 Å². The number of ether oxygens (including phenoxy) is 2. The second-order valence-corrected chi connectivity index (χ2v) is 11.9. The number of nitrogens with two attached hydrogens (primary N) is 1. The first kappa shape index (κ1) is 25.7. The van der Waals surface area contributed by atoms with Crippen LogP contribution in [0.1, 0.15) is 99.9 Å². The fourth-order valence-electron chi connectivity index (χ4n) is 7.20. The molecule has 3 heterocycles.